The fourth-order valence-electron chi connectivity index (χ4n) is 1.45. The summed E-state index contributed by atoms with van der Waals surface area (Å²) in [6.45, 7) is 9.13. The van der Waals surface area contributed by atoms with E-state index in [0.29, 0.717) is 0 Å². The molecule has 0 spiro atoms. The van der Waals surface area contributed by atoms with Gasteiger partial charge in [-0.15, -0.1) is 0 Å². The van der Waals surface area contributed by atoms with Crippen LogP contribution in [0.1, 0.15) is 59.8 Å². The second-order valence-corrected chi connectivity index (χ2v) is 4.13. The van der Waals surface area contributed by atoms with Crippen molar-refractivity contribution in [3.8, 4) is 0 Å². The molecule has 0 bridgehead atoms. The minimum absolute atomic E-state index is 0.765. The van der Waals surface area contributed by atoms with Crippen molar-refractivity contribution in [2.45, 2.75) is 59.8 Å². The predicted octanol–water partition coefficient (Wildman–Crippen LogP) is 4.45. The molecule has 0 N–H and O–H groups in total. The molecule has 0 heterocycles. The maximum absolute atomic E-state index is 2.46. The average Bonchev–Trinajstić information content (AvgIpc) is 2.05. The van der Waals surface area contributed by atoms with Gasteiger partial charge in [-0.3, -0.25) is 0 Å². The highest BCUT2D eigenvalue weighted by molar-refractivity contribution is 4.73. The van der Waals surface area contributed by atoms with E-state index >= 15 is 0 Å². The molecule has 0 heteroatoms. The lowest BCUT2D eigenvalue weighted by molar-refractivity contribution is 0.430. The Bertz CT molecular complexity index is 84.0. The minimum Gasteiger partial charge on any atom is -0.0654 e. The zero-order chi connectivity index (χ0) is 9.40. The summed E-state index contributed by atoms with van der Waals surface area (Å²) in [5.41, 5.74) is 0. The normalized spacial score (nSPS) is 13.8. The van der Waals surface area contributed by atoms with E-state index in [1.807, 2.05) is 0 Å². The number of rotatable bonds is 7. The first kappa shape index (κ1) is 12.0. The zero-order valence-corrected chi connectivity index (χ0v) is 9.27. The first-order valence-electron chi connectivity index (χ1n) is 5.54. The molecule has 0 rings (SSSR count). The molecule has 0 saturated carbocycles. The summed E-state index contributed by atoms with van der Waals surface area (Å²) in [7, 11) is 0. The molecule has 0 aliphatic heterocycles. The van der Waals surface area contributed by atoms with Gasteiger partial charge in [0.15, 0.2) is 0 Å². The van der Waals surface area contributed by atoms with Crippen LogP contribution in [0.15, 0.2) is 0 Å². The molecule has 0 aliphatic carbocycles. The number of hydrogen-bond donors (Lipinski definition) is 0. The van der Waals surface area contributed by atoms with Gasteiger partial charge in [0.1, 0.15) is 0 Å². The average molecular weight is 169 g/mol. The summed E-state index contributed by atoms with van der Waals surface area (Å²) in [4.78, 5) is 0. The summed E-state index contributed by atoms with van der Waals surface area (Å²) in [5, 5.41) is 0. The van der Waals surface area contributed by atoms with Crippen LogP contribution in [0, 0.1) is 18.3 Å². The fourth-order valence-corrected chi connectivity index (χ4v) is 1.45. The molecule has 73 valence electrons. The topological polar surface area (TPSA) is 0 Å². The van der Waals surface area contributed by atoms with Crippen molar-refractivity contribution in [3.63, 3.8) is 0 Å². The SMILES string of the molecule is CCCCC(CC)C[CH]C(C)C. The van der Waals surface area contributed by atoms with E-state index in [2.05, 4.69) is 34.1 Å². The third-order valence-electron chi connectivity index (χ3n) is 2.48. The van der Waals surface area contributed by atoms with Gasteiger partial charge in [0, 0.05) is 0 Å². The third kappa shape index (κ3) is 6.69. The molecule has 0 fully saturated rings. The molecule has 0 amide bonds. The van der Waals surface area contributed by atoms with Crippen molar-refractivity contribution in [1.29, 1.82) is 0 Å². The third-order valence-corrected chi connectivity index (χ3v) is 2.48. The van der Waals surface area contributed by atoms with Gasteiger partial charge < -0.3 is 0 Å². The van der Waals surface area contributed by atoms with E-state index in [0.717, 1.165) is 11.8 Å². The molecular weight excluding hydrogens is 144 g/mol. The Morgan fingerprint density at radius 3 is 2.25 bits per heavy atom. The highest BCUT2D eigenvalue weighted by Crippen LogP contribution is 2.19. The van der Waals surface area contributed by atoms with Crippen molar-refractivity contribution in [2.75, 3.05) is 0 Å². The van der Waals surface area contributed by atoms with Crippen molar-refractivity contribution in [2.24, 2.45) is 11.8 Å². The summed E-state index contributed by atoms with van der Waals surface area (Å²) < 4.78 is 0. The molecule has 0 aromatic heterocycles. The Kier molecular flexibility index (Phi) is 7.64. The highest BCUT2D eigenvalue weighted by Gasteiger charge is 2.06. The minimum atomic E-state index is 0.765. The van der Waals surface area contributed by atoms with Crippen LogP contribution in [0.5, 0.6) is 0 Å². The van der Waals surface area contributed by atoms with E-state index in [1.165, 1.54) is 32.1 Å². The van der Waals surface area contributed by atoms with E-state index in [9.17, 15) is 0 Å². The first-order chi connectivity index (χ1) is 5.70. The molecule has 0 aromatic carbocycles. The van der Waals surface area contributed by atoms with Gasteiger partial charge in [0.05, 0.1) is 0 Å². The van der Waals surface area contributed by atoms with Gasteiger partial charge in [-0.1, -0.05) is 53.4 Å². The van der Waals surface area contributed by atoms with Gasteiger partial charge in [-0.25, -0.2) is 0 Å². The second kappa shape index (κ2) is 7.64. The Morgan fingerprint density at radius 2 is 1.83 bits per heavy atom. The first-order valence-corrected chi connectivity index (χ1v) is 5.54. The standard InChI is InChI=1S/C12H25/c1-5-7-8-12(6-2)10-9-11(3)4/h9,11-12H,5-8,10H2,1-4H3. The van der Waals surface area contributed by atoms with Gasteiger partial charge in [0.2, 0.25) is 0 Å². The Morgan fingerprint density at radius 1 is 1.17 bits per heavy atom. The molecule has 1 unspecified atom stereocenters. The largest absolute Gasteiger partial charge is 0.0654 e. The Balaban J connectivity index is 3.39. The molecule has 0 nitrogen and oxygen atoms in total. The number of hydrogen-bond acceptors (Lipinski definition) is 0. The summed E-state index contributed by atoms with van der Waals surface area (Å²) in [6, 6.07) is 0. The predicted molar refractivity (Wildman–Crippen MR) is 57.1 cm³/mol. The van der Waals surface area contributed by atoms with E-state index in [-0.39, 0.29) is 0 Å². The number of unbranched alkanes of at least 4 members (excludes halogenated alkanes) is 1. The summed E-state index contributed by atoms with van der Waals surface area (Å²) in [6.07, 6.45) is 9.32. The van der Waals surface area contributed by atoms with Crippen LogP contribution in [0.3, 0.4) is 0 Å². The molecule has 1 atom stereocenters. The van der Waals surface area contributed by atoms with E-state index in [1.54, 1.807) is 0 Å². The molecule has 0 aliphatic rings. The highest BCUT2D eigenvalue weighted by atomic mass is 14.1. The van der Waals surface area contributed by atoms with Crippen molar-refractivity contribution < 1.29 is 0 Å². The van der Waals surface area contributed by atoms with Crippen molar-refractivity contribution in [3.05, 3.63) is 6.42 Å². The van der Waals surface area contributed by atoms with Crippen LogP contribution in [-0.4, -0.2) is 0 Å². The Labute approximate surface area is 78.8 Å². The molecule has 0 aromatic rings. The van der Waals surface area contributed by atoms with E-state index < -0.39 is 0 Å². The van der Waals surface area contributed by atoms with Crippen LogP contribution < -0.4 is 0 Å². The van der Waals surface area contributed by atoms with Crippen LogP contribution in [0.2, 0.25) is 0 Å². The smallest absolute Gasteiger partial charge is 0.0358 e. The fraction of sp³-hybridized carbons (Fsp3) is 0.917. The Hall–Kier alpha value is 0. The monoisotopic (exact) mass is 169 g/mol. The van der Waals surface area contributed by atoms with Crippen LogP contribution in [0.4, 0.5) is 0 Å². The lowest BCUT2D eigenvalue weighted by Crippen LogP contribution is -2.01. The summed E-state index contributed by atoms with van der Waals surface area (Å²) in [5.74, 6) is 1.72. The second-order valence-electron chi connectivity index (χ2n) is 4.13. The molecule has 0 saturated heterocycles. The lowest BCUT2D eigenvalue weighted by Gasteiger charge is -2.14. The molecule has 12 heavy (non-hydrogen) atoms. The molecular formula is C12H25. The maximum Gasteiger partial charge on any atom is -0.0358 e. The van der Waals surface area contributed by atoms with Gasteiger partial charge in [-0.05, 0) is 24.7 Å². The van der Waals surface area contributed by atoms with Gasteiger partial charge >= 0.3 is 0 Å². The molecule has 1 radical (unpaired) electrons. The van der Waals surface area contributed by atoms with Crippen LogP contribution in [0.25, 0.3) is 0 Å². The van der Waals surface area contributed by atoms with Crippen LogP contribution in [-0.2, 0) is 0 Å². The van der Waals surface area contributed by atoms with Crippen LogP contribution >= 0.6 is 0 Å². The zero-order valence-electron chi connectivity index (χ0n) is 9.27. The lowest BCUT2D eigenvalue weighted by atomic mass is 9.91. The van der Waals surface area contributed by atoms with E-state index in [4.69, 9.17) is 0 Å². The van der Waals surface area contributed by atoms with Gasteiger partial charge in [0.25, 0.3) is 0 Å². The summed E-state index contributed by atoms with van der Waals surface area (Å²) >= 11 is 0. The van der Waals surface area contributed by atoms with Crippen molar-refractivity contribution >= 4 is 0 Å². The quantitative estimate of drug-likeness (QED) is 0.528. The van der Waals surface area contributed by atoms with Gasteiger partial charge in [-0.2, -0.15) is 0 Å². The maximum atomic E-state index is 2.46. The van der Waals surface area contributed by atoms with Crippen molar-refractivity contribution in [1.82, 2.24) is 0 Å².